The van der Waals surface area contributed by atoms with E-state index < -0.39 is 0 Å². The number of imidazole rings is 1. The second kappa shape index (κ2) is 9.79. The number of hydrogen-bond acceptors (Lipinski definition) is 8. The van der Waals surface area contributed by atoms with Crippen LogP contribution in [0.15, 0.2) is 29.2 Å². The van der Waals surface area contributed by atoms with Crippen molar-refractivity contribution in [2.75, 3.05) is 18.0 Å². The van der Waals surface area contributed by atoms with Gasteiger partial charge in [0.1, 0.15) is 10.3 Å². The number of pyridine rings is 1. The number of fused-ring (bicyclic) bond motifs is 2. The van der Waals surface area contributed by atoms with Crippen LogP contribution in [0, 0.1) is 11.3 Å². The summed E-state index contributed by atoms with van der Waals surface area (Å²) >= 11 is 1.75. The summed E-state index contributed by atoms with van der Waals surface area (Å²) in [5, 5.41) is 10.4. The molecule has 0 radical (unpaired) electrons. The molecule has 5 heterocycles. The molecular formula is C28H34N8OS. The highest BCUT2D eigenvalue weighted by Gasteiger charge is 2.37. The normalized spacial score (nSPS) is 21.3. The van der Waals surface area contributed by atoms with Gasteiger partial charge in [-0.15, -0.1) is 0 Å². The Morgan fingerprint density at radius 2 is 1.92 bits per heavy atom. The Morgan fingerprint density at radius 1 is 1.13 bits per heavy atom. The van der Waals surface area contributed by atoms with Gasteiger partial charge in [-0.2, -0.15) is 5.26 Å². The first-order chi connectivity index (χ1) is 18.4. The first-order valence-corrected chi connectivity index (χ1v) is 14.5. The smallest absolute Gasteiger partial charge is 0.267 e. The largest absolute Gasteiger partial charge is 0.362 e. The molecule has 38 heavy (non-hydrogen) atoms. The lowest BCUT2D eigenvalue weighted by Crippen LogP contribution is -2.59. The molecule has 4 aromatic rings. The Labute approximate surface area is 226 Å². The van der Waals surface area contributed by atoms with E-state index in [2.05, 4.69) is 48.8 Å². The number of hydrogen-bond donors (Lipinski definition) is 0. The lowest BCUT2D eigenvalue weighted by atomic mass is 9.98. The summed E-state index contributed by atoms with van der Waals surface area (Å²) < 4.78 is 3.34. The Balaban J connectivity index is 1.32. The van der Waals surface area contributed by atoms with Crippen LogP contribution >= 0.6 is 11.3 Å². The molecular weight excluding hydrogens is 496 g/mol. The van der Waals surface area contributed by atoms with Crippen LogP contribution in [0.25, 0.3) is 16.0 Å². The van der Waals surface area contributed by atoms with Crippen molar-refractivity contribution in [1.82, 2.24) is 29.0 Å². The maximum Gasteiger partial charge on any atom is 0.267 e. The highest BCUT2D eigenvalue weighted by atomic mass is 32.1. The summed E-state index contributed by atoms with van der Waals surface area (Å²) in [5.41, 5.74) is 4.29. The fraction of sp³-hybridized carbons (Fsp3) is 0.536. The van der Waals surface area contributed by atoms with E-state index in [1.807, 2.05) is 0 Å². The predicted molar refractivity (Wildman–Crippen MR) is 150 cm³/mol. The summed E-state index contributed by atoms with van der Waals surface area (Å²) in [6.45, 7) is 8.38. The van der Waals surface area contributed by atoms with Crippen molar-refractivity contribution in [3.8, 4) is 6.07 Å². The number of nitriles is 1. The van der Waals surface area contributed by atoms with Gasteiger partial charge in [-0.3, -0.25) is 9.69 Å². The first kappa shape index (κ1) is 25.0. The van der Waals surface area contributed by atoms with Gasteiger partial charge in [-0.1, -0.05) is 25.2 Å². The average Bonchev–Trinajstić information content (AvgIpc) is 3.55. The molecule has 2 fully saturated rings. The Kier molecular flexibility index (Phi) is 6.44. The monoisotopic (exact) mass is 530 g/mol. The van der Waals surface area contributed by atoms with Crippen molar-refractivity contribution in [3.05, 3.63) is 51.1 Å². The number of thiazole rings is 1. The fourth-order valence-electron chi connectivity index (χ4n) is 5.79. The van der Waals surface area contributed by atoms with E-state index in [9.17, 15) is 10.1 Å². The van der Waals surface area contributed by atoms with E-state index in [1.165, 1.54) is 17.8 Å². The molecule has 1 unspecified atom stereocenters. The first-order valence-electron chi connectivity index (χ1n) is 13.7. The zero-order valence-corrected chi connectivity index (χ0v) is 23.3. The van der Waals surface area contributed by atoms with Crippen molar-refractivity contribution in [3.63, 3.8) is 0 Å². The minimum absolute atomic E-state index is 0.0836. The molecule has 0 aromatic carbocycles. The van der Waals surface area contributed by atoms with Gasteiger partial charge < -0.3 is 4.90 Å². The number of aryl methyl sites for hydroxylation is 1. The number of nitrogens with zero attached hydrogens (tertiary/aromatic N) is 8. The summed E-state index contributed by atoms with van der Waals surface area (Å²) in [6.07, 6.45) is 6.45. The quantitative estimate of drug-likeness (QED) is 0.349. The van der Waals surface area contributed by atoms with Gasteiger partial charge in [-0.05, 0) is 44.7 Å². The van der Waals surface area contributed by atoms with Gasteiger partial charge in [-0.25, -0.2) is 24.1 Å². The van der Waals surface area contributed by atoms with E-state index in [1.54, 1.807) is 39.8 Å². The molecule has 2 aliphatic rings. The number of aromatic nitrogens is 5. The maximum atomic E-state index is 12.9. The molecule has 0 bridgehead atoms. The van der Waals surface area contributed by atoms with Gasteiger partial charge in [0.2, 0.25) is 0 Å². The van der Waals surface area contributed by atoms with Gasteiger partial charge >= 0.3 is 0 Å². The van der Waals surface area contributed by atoms with Crippen LogP contribution in [0.3, 0.4) is 0 Å². The lowest BCUT2D eigenvalue weighted by Gasteiger charge is -2.49. The van der Waals surface area contributed by atoms with Crippen LogP contribution in [0.1, 0.15) is 74.8 Å². The average molecular weight is 531 g/mol. The van der Waals surface area contributed by atoms with Gasteiger partial charge in [0.05, 0.1) is 40.8 Å². The second-order valence-electron chi connectivity index (χ2n) is 10.7. The van der Waals surface area contributed by atoms with Crippen LogP contribution in [-0.4, -0.2) is 54.2 Å². The molecule has 4 aromatic heterocycles. The zero-order valence-electron chi connectivity index (χ0n) is 22.5. The number of rotatable bonds is 7. The molecule has 0 N–H and O–H groups in total. The Morgan fingerprint density at radius 3 is 2.63 bits per heavy atom. The van der Waals surface area contributed by atoms with Crippen LogP contribution in [0.5, 0.6) is 0 Å². The van der Waals surface area contributed by atoms with E-state index in [0.29, 0.717) is 17.7 Å². The second-order valence-corrected chi connectivity index (χ2v) is 11.7. The molecule has 10 heteroatoms. The van der Waals surface area contributed by atoms with Crippen LogP contribution in [0.2, 0.25) is 0 Å². The molecule has 1 saturated heterocycles. The Hall–Kier alpha value is -3.29. The van der Waals surface area contributed by atoms with Crippen molar-refractivity contribution in [2.45, 2.75) is 76.9 Å². The van der Waals surface area contributed by atoms with E-state index >= 15 is 0 Å². The summed E-state index contributed by atoms with van der Waals surface area (Å²) in [7, 11) is 1.74. The van der Waals surface area contributed by atoms with E-state index in [-0.39, 0.29) is 24.1 Å². The summed E-state index contributed by atoms with van der Waals surface area (Å²) in [5.74, 6) is 0.644. The molecule has 1 aliphatic heterocycles. The van der Waals surface area contributed by atoms with E-state index in [4.69, 9.17) is 15.0 Å². The molecule has 6 rings (SSSR count). The third kappa shape index (κ3) is 4.28. The summed E-state index contributed by atoms with van der Waals surface area (Å²) in [4.78, 5) is 33.6. The SMILES string of the molecule is CC[C@H]1CN(C(C)c2ccc3nc(C4CC4)sc3n2)[C@H](CC)CN1c1cc(=O)n(C)n2cc(CC#N)nc12. The molecule has 1 aliphatic carbocycles. The van der Waals surface area contributed by atoms with E-state index in [0.717, 1.165) is 53.3 Å². The summed E-state index contributed by atoms with van der Waals surface area (Å²) in [6, 6.07) is 8.87. The van der Waals surface area contributed by atoms with Crippen LogP contribution in [-0.2, 0) is 13.5 Å². The van der Waals surface area contributed by atoms with Crippen molar-refractivity contribution in [1.29, 1.82) is 5.26 Å². The van der Waals surface area contributed by atoms with Crippen molar-refractivity contribution < 1.29 is 0 Å². The minimum atomic E-state index is -0.0836. The Bertz CT molecular complexity index is 1590. The lowest BCUT2D eigenvalue weighted by molar-refractivity contribution is 0.0993. The predicted octanol–water partition coefficient (Wildman–Crippen LogP) is 4.42. The highest BCUT2D eigenvalue weighted by molar-refractivity contribution is 7.18. The fourth-order valence-corrected chi connectivity index (χ4v) is 6.90. The maximum absolute atomic E-state index is 12.9. The van der Waals surface area contributed by atoms with Gasteiger partial charge in [0.15, 0.2) is 5.65 Å². The molecule has 1 saturated carbocycles. The topological polar surface area (TPSA) is 95.4 Å². The van der Waals surface area contributed by atoms with Crippen LogP contribution in [0.4, 0.5) is 5.69 Å². The standard InChI is InChI=1S/C28H34N8OS/c1-5-20-16-35(24-13-25(37)33(4)36-14-19(11-12-29)30-26(24)36)21(6-2)15-34(20)17(3)22-9-10-23-28(31-22)38-27(32-23)18-7-8-18/h9-10,13-14,17-18,20-21H,5-8,11,15-16H2,1-4H3/t17?,20-,21+/m1/s1. The molecule has 3 atom stereocenters. The van der Waals surface area contributed by atoms with Crippen LogP contribution < -0.4 is 10.5 Å². The number of anilines is 1. The van der Waals surface area contributed by atoms with Crippen molar-refractivity contribution in [2.24, 2.45) is 7.05 Å². The van der Waals surface area contributed by atoms with Gasteiger partial charge in [0.25, 0.3) is 5.56 Å². The highest BCUT2D eigenvalue weighted by Crippen LogP contribution is 2.43. The van der Waals surface area contributed by atoms with Gasteiger partial charge in [0, 0.05) is 50.2 Å². The number of piperazine rings is 1. The zero-order chi connectivity index (χ0) is 26.6. The molecule has 0 spiro atoms. The molecule has 0 amide bonds. The third-order valence-corrected chi connectivity index (χ3v) is 9.39. The molecule has 9 nitrogen and oxygen atoms in total. The molecule has 198 valence electrons. The third-order valence-electron chi connectivity index (χ3n) is 8.27. The van der Waals surface area contributed by atoms with Crippen molar-refractivity contribution >= 4 is 33.0 Å². The minimum Gasteiger partial charge on any atom is -0.362 e.